The molecule has 3 N–H and O–H groups in total. The Hall–Kier alpha value is -2.59. The molecule has 2 aromatic rings. The van der Waals surface area contributed by atoms with Crippen LogP contribution in [0.1, 0.15) is 19.4 Å². The Morgan fingerprint density at radius 1 is 1.28 bits per heavy atom. The molecule has 0 bridgehead atoms. The summed E-state index contributed by atoms with van der Waals surface area (Å²) >= 11 is 0. The van der Waals surface area contributed by atoms with E-state index in [-0.39, 0.29) is 11.8 Å². The van der Waals surface area contributed by atoms with E-state index < -0.39 is 12.1 Å². The van der Waals surface area contributed by atoms with E-state index in [9.17, 15) is 18.0 Å². The van der Waals surface area contributed by atoms with E-state index in [0.29, 0.717) is 17.9 Å². The summed E-state index contributed by atoms with van der Waals surface area (Å²) < 4.78 is 37.8. The standard InChI is InChI=1S/C20H27N3O2.C2HF3O2/c1-13(2)20(24)22-8-15-12-25-19-11-23(10-17(15)19)9-14-4-3-5-18-16(14)6-7-21-18;3-2(4,5)1(6)7/h3-7,13,15,17,19,21H,8-12H2,1-2H3,(H,22,24);(H,6,7)/t15-,17+,19+;/m0./s1. The van der Waals surface area contributed by atoms with Crippen molar-refractivity contribution in [3.8, 4) is 0 Å². The van der Waals surface area contributed by atoms with Gasteiger partial charge in [-0.15, -0.1) is 0 Å². The van der Waals surface area contributed by atoms with Crippen molar-refractivity contribution in [1.82, 2.24) is 15.2 Å². The molecule has 0 spiro atoms. The lowest BCUT2D eigenvalue weighted by molar-refractivity contribution is -0.192. The Kier molecular flexibility index (Phi) is 7.45. The first kappa shape index (κ1) is 24.1. The third kappa shape index (κ3) is 5.80. The number of hydrogen-bond acceptors (Lipinski definition) is 4. The van der Waals surface area contributed by atoms with Gasteiger partial charge in [0.25, 0.3) is 0 Å². The van der Waals surface area contributed by atoms with Crippen molar-refractivity contribution in [2.75, 3.05) is 26.2 Å². The molecular weight excluding hydrogens is 427 g/mol. The predicted octanol–water partition coefficient (Wildman–Crippen LogP) is 3.02. The molecular formula is C22H28F3N3O4. The average molecular weight is 455 g/mol. The fourth-order valence-corrected chi connectivity index (χ4v) is 4.18. The number of aromatic nitrogens is 1. The van der Waals surface area contributed by atoms with E-state index in [4.69, 9.17) is 14.6 Å². The molecule has 1 aromatic carbocycles. The summed E-state index contributed by atoms with van der Waals surface area (Å²) in [5, 5.41) is 11.5. The molecule has 0 aliphatic carbocycles. The number of carbonyl (C=O) groups excluding carboxylic acids is 1. The second-order valence-electron chi connectivity index (χ2n) is 8.55. The second-order valence-corrected chi connectivity index (χ2v) is 8.55. The van der Waals surface area contributed by atoms with Gasteiger partial charge in [0.05, 0.1) is 12.7 Å². The number of ether oxygens (including phenoxy) is 1. The monoisotopic (exact) mass is 455 g/mol. The number of nitrogens with one attached hydrogen (secondary N) is 2. The fraction of sp³-hybridized carbons (Fsp3) is 0.545. The summed E-state index contributed by atoms with van der Waals surface area (Å²) in [5.41, 5.74) is 2.56. The number of rotatable bonds is 5. The zero-order chi connectivity index (χ0) is 23.5. The quantitative estimate of drug-likeness (QED) is 0.644. The van der Waals surface area contributed by atoms with Crippen LogP contribution in [0, 0.1) is 17.8 Å². The van der Waals surface area contributed by atoms with Crippen LogP contribution in [-0.2, 0) is 20.9 Å². The van der Waals surface area contributed by atoms with E-state index in [2.05, 4.69) is 39.5 Å². The number of carboxylic acids is 1. The number of aromatic amines is 1. The number of nitrogens with zero attached hydrogens (tertiary/aromatic N) is 1. The van der Waals surface area contributed by atoms with Crippen LogP contribution in [0.3, 0.4) is 0 Å². The van der Waals surface area contributed by atoms with Gasteiger partial charge in [0.2, 0.25) is 5.91 Å². The number of H-pyrrole nitrogens is 1. The fourth-order valence-electron chi connectivity index (χ4n) is 4.18. The molecule has 7 nitrogen and oxygen atoms in total. The topological polar surface area (TPSA) is 94.7 Å². The number of likely N-dealkylation sites (tertiary alicyclic amines) is 1. The van der Waals surface area contributed by atoms with Crippen molar-refractivity contribution < 1.29 is 32.6 Å². The van der Waals surface area contributed by atoms with E-state index in [0.717, 1.165) is 32.8 Å². The maximum absolute atomic E-state index is 11.8. The number of hydrogen-bond donors (Lipinski definition) is 3. The van der Waals surface area contributed by atoms with Crippen molar-refractivity contribution in [2.45, 2.75) is 32.7 Å². The summed E-state index contributed by atoms with van der Waals surface area (Å²) in [6.07, 6.45) is -2.77. The highest BCUT2D eigenvalue weighted by Crippen LogP contribution is 2.34. The Morgan fingerprint density at radius 2 is 2.00 bits per heavy atom. The van der Waals surface area contributed by atoms with Gasteiger partial charge in [-0.2, -0.15) is 13.2 Å². The first-order valence-electron chi connectivity index (χ1n) is 10.5. The average Bonchev–Trinajstić information content (AvgIpc) is 3.42. The van der Waals surface area contributed by atoms with Gasteiger partial charge < -0.3 is 20.1 Å². The molecule has 2 aliphatic rings. The predicted molar refractivity (Wildman–Crippen MR) is 112 cm³/mol. The molecule has 2 fully saturated rings. The third-order valence-electron chi connectivity index (χ3n) is 5.90. The molecule has 1 aromatic heterocycles. The van der Waals surface area contributed by atoms with Gasteiger partial charge in [-0.3, -0.25) is 9.69 Å². The second kappa shape index (κ2) is 9.91. The Bertz CT molecular complexity index is 944. The molecule has 32 heavy (non-hydrogen) atoms. The Labute approximate surface area is 183 Å². The maximum atomic E-state index is 11.8. The van der Waals surface area contributed by atoms with Crippen LogP contribution in [0.2, 0.25) is 0 Å². The third-order valence-corrected chi connectivity index (χ3v) is 5.90. The number of alkyl halides is 3. The highest BCUT2D eigenvalue weighted by atomic mass is 19.4. The zero-order valence-corrected chi connectivity index (χ0v) is 18.0. The van der Waals surface area contributed by atoms with Crippen molar-refractivity contribution in [3.05, 3.63) is 36.0 Å². The molecule has 2 aliphatic heterocycles. The molecule has 3 heterocycles. The number of amides is 1. The van der Waals surface area contributed by atoms with Crippen LogP contribution in [0.4, 0.5) is 13.2 Å². The van der Waals surface area contributed by atoms with Gasteiger partial charge in [-0.25, -0.2) is 4.79 Å². The number of carbonyl (C=O) groups is 2. The Morgan fingerprint density at radius 3 is 2.66 bits per heavy atom. The van der Waals surface area contributed by atoms with E-state index in [1.807, 2.05) is 20.0 Å². The number of benzene rings is 1. The van der Waals surface area contributed by atoms with Gasteiger partial charge in [0.15, 0.2) is 0 Å². The molecule has 3 atom stereocenters. The van der Waals surface area contributed by atoms with E-state index in [1.54, 1.807) is 0 Å². The first-order chi connectivity index (χ1) is 15.1. The van der Waals surface area contributed by atoms with Crippen molar-refractivity contribution >= 4 is 22.8 Å². The highest BCUT2D eigenvalue weighted by Gasteiger charge is 2.43. The molecule has 2 saturated heterocycles. The lowest BCUT2D eigenvalue weighted by atomic mass is 9.93. The van der Waals surface area contributed by atoms with Gasteiger partial charge in [0.1, 0.15) is 0 Å². The van der Waals surface area contributed by atoms with E-state index in [1.165, 1.54) is 16.5 Å². The van der Waals surface area contributed by atoms with Crippen LogP contribution >= 0.6 is 0 Å². The number of fused-ring (bicyclic) bond motifs is 2. The lowest BCUT2D eigenvalue weighted by Gasteiger charge is -2.20. The molecule has 4 rings (SSSR count). The molecule has 0 unspecified atom stereocenters. The van der Waals surface area contributed by atoms with Crippen molar-refractivity contribution in [1.29, 1.82) is 0 Å². The van der Waals surface area contributed by atoms with Crippen LogP contribution in [-0.4, -0.2) is 65.4 Å². The van der Waals surface area contributed by atoms with Crippen LogP contribution < -0.4 is 5.32 Å². The van der Waals surface area contributed by atoms with Gasteiger partial charge in [0, 0.05) is 61.0 Å². The lowest BCUT2D eigenvalue weighted by Crippen LogP contribution is -2.36. The highest BCUT2D eigenvalue weighted by molar-refractivity contribution is 5.82. The summed E-state index contributed by atoms with van der Waals surface area (Å²) in [5.74, 6) is -1.62. The summed E-state index contributed by atoms with van der Waals surface area (Å²) in [6.45, 7) is 8.36. The van der Waals surface area contributed by atoms with Crippen molar-refractivity contribution in [2.24, 2.45) is 17.8 Å². The zero-order valence-electron chi connectivity index (χ0n) is 18.0. The molecule has 1 amide bonds. The first-order valence-corrected chi connectivity index (χ1v) is 10.5. The Balaban J connectivity index is 0.000000360. The van der Waals surface area contributed by atoms with Crippen LogP contribution in [0.5, 0.6) is 0 Å². The largest absolute Gasteiger partial charge is 0.490 e. The van der Waals surface area contributed by atoms with Crippen LogP contribution in [0.25, 0.3) is 10.9 Å². The SMILES string of the molecule is CC(C)C(=O)NC[C@H]1CO[C@@H]2CN(Cc3cccc4[nH]ccc34)C[C@H]12.O=C(O)C(F)(F)F. The van der Waals surface area contributed by atoms with Crippen molar-refractivity contribution in [3.63, 3.8) is 0 Å². The van der Waals surface area contributed by atoms with Gasteiger partial charge in [-0.05, 0) is 17.7 Å². The number of halogens is 3. The summed E-state index contributed by atoms with van der Waals surface area (Å²) in [7, 11) is 0. The molecule has 0 radical (unpaired) electrons. The molecule has 176 valence electrons. The van der Waals surface area contributed by atoms with Gasteiger partial charge in [-0.1, -0.05) is 26.0 Å². The van der Waals surface area contributed by atoms with E-state index >= 15 is 0 Å². The normalized spacial score (nSPS) is 23.1. The smallest absolute Gasteiger partial charge is 0.475 e. The van der Waals surface area contributed by atoms with Crippen LogP contribution in [0.15, 0.2) is 30.5 Å². The summed E-state index contributed by atoms with van der Waals surface area (Å²) in [6, 6.07) is 8.60. The molecule has 0 saturated carbocycles. The minimum atomic E-state index is -5.08. The number of carboxylic acid groups (broad SMARTS) is 1. The maximum Gasteiger partial charge on any atom is 0.490 e. The minimum Gasteiger partial charge on any atom is -0.475 e. The minimum absolute atomic E-state index is 0.0417. The summed E-state index contributed by atoms with van der Waals surface area (Å²) in [4.78, 5) is 26.5. The molecule has 10 heteroatoms. The number of aliphatic carboxylic acids is 1. The van der Waals surface area contributed by atoms with Gasteiger partial charge >= 0.3 is 12.1 Å².